The molecule has 0 saturated carbocycles. The molecule has 1 aliphatic rings. The minimum Gasteiger partial charge on any atom is -0.380 e. The number of nitrogens with zero attached hydrogens (tertiary/aromatic N) is 3. The summed E-state index contributed by atoms with van der Waals surface area (Å²) in [5, 5.41) is 3.27. The fourth-order valence-electron chi connectivity index (χ4n) is 3.17. The summed E-state index contributed by atoms with van der Waals surface area (Å²) in [5.41, 5.74) is 2.49. The van der Waals surface area contributed by atoms with Gasteiger partial charge in [-0.3, -0.25) is 4.79 Å². The van der Waals surface area contributed by atoms with Crippen LogP contribution in [0.4, 0.5) is 5.82 Å². The number of rotatable bonds is 5. The number of aromatic nitrogens is 2. The summed E-state index contributed by atoms with van der Waals surface area (Å²) in [4.78, 5) is 23.2. The molecule has 1 fully saturated rings. The van der Waals surface area contributed by atoms with E-state index in [9.17, 15) is 4.79 Å². The number of amides is 1. The third-order valence-electron chi connectivity index (χ3n) is 4.53. The molecule has 138 valence electrons. The Balaban J connectivity index is 1.73. The first-order valence-electron chi connectivity index (χ1n) is 9.08. The molecule has 0 spiro atoms. The zero-order chi connectivity index (χ0) is 18.5. The molecule has 1 atom stereocenters. The van der Waals surface area contributed by atoms with Gasteiger partial charge in [-0.05, 0) is 38.8 Å². The molecule has 2 aromatic rings. The van der Waals surface area contributed by atoms with E-state index in [1.807, 2.05) is 35.2 Å². The Morgan fingerprint density at radius 1 is 1.27 bits per heavy atom. The highest BCUT2D eigenvalue weighted by Crippen LogP contribution is 2.21. The molecular formula is C20H26N4O2. The van der Waals surface area contributed by atoms with Crippen LogP contribution in [0.25, 0.3) is 11.3 Å². The minimum atomic E-state index is 0.0585. The van der Waals surface area contributed by atoms with Crippen LogP contribution in [0.5, 0.6) is 0 Å². The maximum Gasteiger partial charge on any atom is 0.253 e. The monoisotopic (exact) mass is 354 g/mol. The second-order valence-electron chi connectivity index (χ2n) is 6.92. The van der Waals surface area contributed by atoms with Crippen LogP contribution >= 0.6 is 0 Å². The predicted molar refractivity (Wildman–Crippen MR) is 102 cm³/mol. The molecule has 3 rings (SSSR count). The SMILES string of the molecule is CO[C@H]1CCCN(C(=O)c2ccc(-c3cc(NC(C)C)ncn3)cc2)C1. The molecule has 26 heavy (non-hydrogen) atoms. The third kappa shape index (κ3) is 4.38. The number of piperidine rings is 1. The van der Waals surface area contributed by atoms with Gasteiger partial charge in [0.15, 0.2) is 0 Å². The van der Waals surface area contributed by atoms with Gasteiger partial charge in [-0.15, -0.1) is 0 Å². The van der Waals surface area contributed by atoms with Crippen molar-refractivity contribution in [2.75, 3.05) is 25.5 Å². The number of hydrogen-bond donors (Lipinski definition) is 1. The molecule has 0 radical (unpaired) electrons. The van der Waals surface area contributed by atoms with Gasteiger partial charge in [0.25, 0.3) is 5.91 Å². The number of nitrogens with one attached hydrogen (secondary N) is 1. The smallest absolute Gasteiger partial charge is 0.253 e. The molecule has 1 aromatic carbocycles. The second-order valence-corrected chi connectivity index (χ2v) is 6.92. The molecule has 1 N–H and O–H groups in total. The number of likely N-dealkylation sites (tertiary alicyclic amines) is 1. The molecule has 6 heteroatoms. The summed E-state index contributed by atoms with van der Waals surface area (Å²) in [6.45, 7) is 5.58. The van der Waals surface area contributed by atoms with E-state index in [-0.39, 0.29) is 12.0 Å². The van der Waals surface area contributed by atoms with Crippen molar-refractivity contribution in [2.45, 2.75) is 38.8 Å². The Morgan fingerprint density at radius 2 is 2.04 bits per heavy atom. The van der Waals surface area contributed by atoms with E-state index < -0.39 is 0 Å². The summed E-state index contributed by atoms with van der Waals surface area (Å²) in [7, 11) is 1.71. The number of ether oxygens (including phenoxy) is 1. The lowest BCUT2D eigenvalue weighted by Gasteiger charge is -2.32. The Morgan fingerprint density at radius 3 is 2.73 bits per heavy atom. The fourth-order valence-corrected chi connectivity index (χ4v) is 3.17. The summed E-state index contributed by atoms with van der Waals surface area (Å²) in [6, 6.07) is 9.83. The number of hydrogen-bond acceptors (Lipinski definition) is 5. The summed E-state index contributed by atoms with van der Waals surface area (Å²) < 4.78 is 5.41. The number of carbonyl (C=O) groups is 1. The van der Waals surface area contributed by atoms with Crippen molar-refractivity contribution >= 4 is 11.7 Å². The Hall–Kier alpha value is -2.47. The van der Waals surface area contributed by atoms with Crippen LogP contribution in [-0.4, -0.2) is 53.1 Å². The molecular weight excluding hydrogens is 328 g/mol. The number of anilines is 1. The standard InChI is InChI=1S/C20H26N4O2/c1-14(2)23-19-11-18(21-13-22-19)15-6-8-16(9-7-15)20(25)24-10-4-5-17(12-24)26-3/h6-9,11,13-14,17H,4-5,10,12H2,1-3H3,(H,21,22,23)/t17-/m0/s1. The number of benzene rings is 1. The molecule has 1 aromatic heterocycles. The summed E-state index contributed by atoms with van der Waals surface area (Å²) >= 11 is 0. The predicted octanol–water partition coefficient (Wildman–Crippen LogP) is 3.21. The first kappa shape index (κ1) is 18.3. The van der Waals surface area contributed by atoms with Gasteiger partial charge in [0.05, 0.1) is 11.8 Å². The molecule has 1 saturated heterocycles. The van der Waals surface area contributed by atoms with E-state index >= 15 is 0 Å². The zero-order valence-electron chi connectivity index (χ0n) is 15.6. The van der Waals surface area contributed by atoms with Gasteiger partial charge in [-0.1, -0.05) is 12.1 Å². The van der Waals surface area contributed by atoms with Gasteiger partial charge in [-0.25, -0.2) is 9.97 Å². The largest absolute Gasteiger partial charge is 0.380 e. The third-order valence-corrected chi connectivity index (χ3v) is 4.53. The van der Waals surface area contributed by atoms with Crippen LogP contribution in [0.1, 0.15) is 37.0 Å². The Bertz CT molecular complexity index is 746. The van der Waals surface area contributed by atoms with E-state index in [1.54, 1.807) is 13.4 Å². The van der Waals surface area contributed by atoms with Crippen molar-refractivity contribution in [2.24, 2.45) is 0 Å². The van der Waals surface area contributed by atoms with Gasteiger partial charge in [-0.2, -0.15) is 0 Å². The van der Waals surface area contributed by atoms with Crippen LogP contribution < -0.4 is 5.32 Å². The highest BCUT2D eigenvalue weighted by Gasteiger charge is 2.24. The lowest BCUT2D eigenvalue weighted by molar-refractivity contribution is 0.0269. The van der Waals surface area contributed by atoms with Crippen molar-refractivity contribution in [1.82, 2.24) is 14.9 Å². The molecule has 2 heterocycles. The van der Waals surface area contributed by atoms with E-state index in [2.05, 4.69) is 29.1 Å². The maximum atomic E-state index is 12.7. The van der Waals surface area contributed by atoms with Gasteiger partial charge in [0.2, 0.25) is 0 Å². The first-order chi connectivity index (χ1) is 12.6. The van der Waals surface area contributed by atoms with E-state index in [1.165, 1.54) is 0 Å². The van der Waals surface area contributed by atoms with E-state index in [4.69, 9.17) is 4.74 Å². The molecule has 0 aliphatic carbocycles. The van der Waals surface area contributed by atoms with Crippen LogP contribution in [0, 0.1) is 0 Å². The van der Waals surface area contributed by atoms with Crippen molar-refractivity contribution in [1.29, 1.82) is 0 Å². The quantitative estimate of drug-likeness (QED) is 0.893. The van der Waals surface area contributed by atoms with Crippen molar-refractivity contribution < 1.29 is 9.53 Å². The van der Waals surface area contributed by atoms with Crippen LogP contribution in [0.15, 0.2) is 36.7 Å². The molecule has 1 aliphatic heterocycles. The first-order valence-corrected chi connectivity index (χ1v) is 9.08. The zero-order valence-corrected chi connectivity index (χ0v) is 15.6. The molecule has 0 unspecified atom stereocenters. The van der Waals surface area contributed by atoms with Crippen LogP contribution in [0.2, 0.25) is 0 Å². The Kier molecular flexibility index (Phi) is 5.83. The van der Waals surface area contributed by atoms with Crippen molar-refractivity contribution in [3.05, 3.63) is 42.2 Å². The topological polar surface area (TPSA) is 67.3 Å². The van der Waals surface area contributed by atoms with Gasteiger partial charge in [0.1, 0.15) is 12.1 Å². The van der Waals surface area contributed by atoms with Gasteiger partial charge in [0, 0.05) is 43.4 Å². The normalized spacial score (nSPS) is 17.4. The highest BCUT2D eigenvalue weighted by molar-refractivity contribution is 5.94. The van der Waals surface area contributed by atoms with E-state index in [0.29, 0.717) is 18.2 Å². The van der Waals surface area contributed by atoms with Gasteiger partial charge < -0.3 is 15.0 Å². The average Bonchev–Trinajstić information content (AvgIpc) is 2.67. The second kappa shape index (κ2) is 8.27. The summed E-state index contributed by atoms with van der Waals surface area (Å²) in [5.74, 6) is 0.854. The maximum absolute atomic E-state index is 12.7. The lowest BCUT2D eigenvalue weighted by Crippen LogP contribution is -2.42. The molecule has 6 nitrogen and oxygen atoms in total. The highest BCUT2D eigenvalue weighted by atomic mass is 16.5. The van der Waals surface area contributed by atoms with Gasteiger partial charge >= 0.3 is 0 Å². The molecule has 1 amide bonds. The lowest BCUT2D eigenvalue weighted by atomic mass is 10.0. The van der Waals surface area contributed by atoms with Crippen molar-refractivity contribution in [3.63, 3.8) is 0 Å². The number of methoxy groups -OCH3 is 1. The molecule has 0 bridgehead atoms. The van der Waals surface area contributed by atoms with Crippen molar-refractivity contribution in [3.8, 4) is 11.3 Å². The minimum absolute atomic E-state index is 0.0585. The Labute approximate surface area is 154 Å². The number of carbonyl (C=O) groups excluding carboxylic acids is 1. The average molecular weight is 354 g/mol. The van der Waals surface area contributed by atoms with Crippen LogP contribution in [0.3, 0.4) is 0 Å². The fraction of sp³-hybridized carbons (Fsp3) is 0.450. The van der Waals surface area contributed by atoms with E-state index in [0.717, 1.165) is 36.5 Å². The summed E-state index contributed by atoms with van der Waals surface area (Å²) in [6.07, 6.45) is 3.69. The van der Waals surface area contributed by atoms with Crippen LogP contribution in [-0.2, 0) is 4.74 Å².